The molecule has 0 aliphatic carbocycles. The number of H-pyrrole nitrogens is 1. The van der Waals surface area contributed by atoms with E-state index in [4.69, 9.17) is 9.31 Å². The number of benzene rings is 1. The summed E-state index contributed by atoms with van der Waals surface area (Å²) in [5, 5.41) is 1.18. The second kappa shape index (κ2) is 5.26. The lowest BCUT2D eigenvalue weighted by atomic mass is 9.85. The molecule has 1 fully saturated rings. The number of rotatable bonds is 1. The fourth-order valence-electron chi connectivity index (χ4n) is 2.19. The van der Waals surface area contributed by atoms with Crippen molar-refractivity contribution in [3.05, 3.63) is 30.3 Å². The number of aromatic amines is 1. The molecule has 0 saturated carbocycles. The number of para-hydroxylation sites is 1. The molecule has 0 unspecified atom stereocenters. The Bertz CT molecular complexity index is 540. The van der Waals surface area contributed by atoms with E-state index in [1.54, 1.807) is 0 Å². The van der Waals surface area contributed by atoms with Crippen LogP contribution in [-0.4, -0.2) is 23.3 Å². The molecule has 4 heteroatoms. The highest BCUT2D eigenvalue weighted by Gasteiger charge is 2.52. The summed E-state index contributed by atoms with van der Waals surface area (Å²) in [4.78, 5) is 3.36. The summed E-state index contributed by atoms with van der Waals surface area (Å²) >= 11 is 0. The van der Waals surface area contributed by atoms with Gasteiger partial charge in [0.15, 0.2) is 0 Å². The molecule has 20 heavy (non-hydrogen) atoms. The van der Waals surface area contributed by atoms with Crippen LogP contribution in [0.1, 0.15) is 41.5 Å². The van der Waals surface area contributed by atoms with Crippen molar-refractivity contribution in [1.82, 2.24) is 4.98 Å². The lowest BCUT2D eigenvalue weighted by molar-refractivity contribution is 0.00578. The van der Waals surface area contributed by atoms with Crippen molar-refractivity contribution in [1.29, 1.82) is 0 Å². The molecular weight excluding hydrogens is 249 g/mol. The maximum absolute atomic E-state index is 6.03. The van der Waals surface area contributed by atoms with Gasteiger partial charge in [0, 0.05) is 11.1 Å². The SMILES string of the molecule is CC.CC1(C)OB(c2cc3ccccc3[nH]2)OC1(C)C. The quantitative estimate of drug-likeness (QED) is 0.807. The number of hydrogen-bond acceptors (Lipinski definition) is 2. The van der Waals surface area contributed by atoms with Crippen molar-refractivity contribution in [2.24, 2.45) is 0 Å². The zero-order valence-corrected chi connectivity index (χ0v) is 13.3. The highest BCUT2D eigenvalue weighted by molar-refractivity contribution is 6.61. The predicted molar refractivity (Wildman–Crippen MR) is 85.4 cm³/mol. The van der Waals surface area contributed by atoms with Crippen molar-refractivity contribution in [2.75, 3.05) is 0 Å². The molecule has 2 aromatic rings. The number of fused-ring (bicyclic) bond motifs is 1. The molecular formula is C16H24BNO2. The molecule has 1 aromatic heterocycles. The van der Waals surface area contributed by atoms with Gasteiger partial charge in [0.05, 0.1) is 11.2 Å². The summed E-state index contributed by atoms with van der Waals surface area (Å²) in [5.41, 5.74) is 1.50. The third-order valence-electron chi connectivity index (χ3n) is 4.06. The summed E-state index contributed by atoms with van der Waals surface area (Å²) < 4.78 is 12.1. The van der Waals surface area contributed by atoms with Gasteiger partial charge < -0.3 is 14.3 Å². The lowest BCUT2D eigenvalue weighted by Gasteiger charge is -2.32. The molecule has 108 valence electrons. The Morgan fingerprint density at radius 2 is 1.50 bits per heavy atom. The van der Waals surface area contributed by atoms with E-state index in [1.807, 2.05) is 26.0 Å². The minimum absolute atomic E-state index is 0.297. The first kappa shape index (κ1) is 15.1. The van der Waals surface area contributed by atoms with Crippen LogP contribution < -0.4 is 5.59 Å². The molecule has 0 amide bonds. The average molecular weight is 273 g/mol. The normalized spacial score (nSPS) is 19.8. The van der Waals surface area contributed by atoms with Crippen molar-refractivity contribution in [3.63, 3.8) is 0 Å². The zero-order valence-electron chi connectivity index (χ0n) is 13.3. The number of nitrogens with one attached hydrogen (secondary N) is 1. The Morgan fingerprint density at radius 1 is 0.950 bits per heavy atom. The van der Waals surface area contributed by atoms with Crippen molar-refractivity contribution < 1.29 is 9.31 Å². The van der Waals surface area contributed by atoms with Crippen LogP contribution in [0.3, 0.4) is 0 Å². The molecule has 1 aliphatic heterocycles. The predicted octanol–water partition coefficient (Wildman–Crippen LogP) is 3.49. The van der Waals surface area contributed by atoms with Gasteiger partial charge in [0.1, 0.15) is 0 Å². The smallest absolute Gasteiger partial charge is 0.398 e. The maximum atomic E-state index is 6.03. The third-order valence-corrected chi connectivity index (χ3v) is 4.06. The van der Waals surface area contributed by atoms with E-state index in [-0.39, 0.29) is 18.3 Å². The van der Waals surface area contributed by atoms with Gasteiger partial charge in [-0.25, -0.2) is 0 Å². The summed E-state index contributed by atoms with van der Waals surface area (Å²) in [7, 11) is -0.317. The summed E-state index contributed by atoms with van der Waals surface area (Å²) in [6, 6.07) is 10.3. The molecule has 2 heterocycles. The van der Waals surface area contributed by atoms with Crippen molar-refractivity contribution in [3.8, 4) is 0 Å². The monoisotopic (exact) mass is 273 g/mol. The highest BCUT2D eigenvalue weighted by atomic mass is 16.7. The van der Waals surface area contributed by atoms with Gasteiger partial charge in [-0.3, -0.25) is 0 Å². The van der Waals surface area contributed by atoms with E-state index in [0.29, 0.717) is 0 Å². The molecule has 3 rings (SSSR count). The Balaban J connectivity index is 0.000000704. The first-order valence-electron chi connectivity index (χ1n) is 7.32. The minimum Gasteiger partial charge on any atom is -0.398 e. The molecule has 1 aliphatic rings. The van der Waals surface area contributed by atoms with Crippen LogP contribution in [0.5, 0.6) is 0 Å². The van der Waals surface area contributed by atoms with Crippen LogP contribution in [-0.2, 0) is 9.31 Å². The summed E-state index contributed by atoms with van der Waals surface area (Å²) in [6.45, 7) is 12.3. The topological polar surface area (TPSA) is 34.2 Å². The Kier molecular flexibility index (Phi) is 3.98. The molecule has 3 nitrogen and oxygen atoms in total. The lowest BCUT2D eigenvalue weighted by Crippen LogP contribution is -2.41. The van der Waals surface area contributed by atoms with Crippen LogP contribution in [0.4, 0.5) is 0 Å². The van der Waals surface area contributed by atoms with Crippen LogP contribution in [0.15, 0.2) is 30.3 Å². The molecule has 0 bridgehead atoms. The van der Waals surface area contributed by atoms with Gasteiger partial charge in [0.25, 0.3) is 0 Å². The van der Waals surface area contributed by atoms with Gasteiger partial charge >= 0.3 is 7.12 Å². The Morgan fingerprint density at radius 3 is 2.05 bits per heavy atom. The van der Waals surface area contributed by atoms with Gasteiger partial charge in [0.2, 0.25) is 0 Å². The molecule has 1 N–H and O–H groups in total. The van der Waals surface area contributed by atoms with E-state index in [0.717, 1.165) is 11.1 Å². The van der Waals surface area contributed by atoms with Crippen molar-refractivity contribution in [2.45, 2.75) is 52.7 Å². The fourth-order valence-corrected chi connectivity index (χ4v) is 2.19. The maximum Gasteiger partial charge on any atom is 0.512 e. The second-order valence-corrected chi connectivity index (χ2v) is 5.90. The molecule has 0 atom stereocenters. The van der Waals surface area contributed by atoms with Crippen molar-refractivity contribution >= 4 is 23.6 Å². The first-order chi connectivity index (χ1) is 9.39. The second-order valence-electron chi connectivity index (χ2n) is 5.90. The van der Waals surface area contributed by atoms with Gasteiger partial charge in [-0.05, 0) is 45.2 Å². The number of aromatic nitrogens is 1. The van der Waals surface area contributed by atoms with Gasteiger partial charge in [-0.15, -0.1) is 0 Å². The standard InChI is InChI=1S/C14H18BNO2.C2H6/c1-13(2)14(3,4)18-15(17-13)12-9-10-7-5-6-8-11(10)16-12;1-2/h5-9,16H,1-4H3;1-2H3. The molecule has 1 aromatic carbocycles. The van der Waals surface area contributed by atoms with Crippen LogP contribution >= 0.6 is 0 Å². The zero-order chi connectivity index (χ0) is 15.0. The van der Waals surface area contributed by atoms with Gasteiger partial charge in [-0.1, -0.05) is 32.0 Å². The van der Waals surface area contributed by atoms with E-state index >= 15 is 0 Å². The minimum atomic E-state index is -0.317. The van der Waals surface area contributed by atoms with Crippen LogP contribution in [0, 0.1) is 0 Å². The van der Waals surface area contributed by atoms with E-state index in [2.05, 4.69) is 50.9 Å². The first-order valence-corrected chi connectivity index (χ1v) is 7.32. The third kappa shape index (κ3) is 2.50. The van der Waals surface area contributed by atoms with E-state index in [9.17, 15) is 0 Å². The fraction of sp³-hybridized carbons (Fsp3) is 0.500. The average Bonchev–Trinajstić information content (AvgIpc) is 2.91. The van der Waals surface area contributed by atoms with E-state index in [1.165, 1.54) is 5.39 Å². The van der Waals surface area contributed by atoms with E-state index < -0.39 is 0 Å². The van der Waals surface area contributed by atoms with Crippen LogP contribution in [0.2, 0.25) is 0 Å². The molecule has 1 saturated heterocycles. The Hall–Kier alpha value is -1.26. The molecule has 0 spiro atoms. The highest BCUT2D eigenvalue weighted by Crippen LogP contribution is 2.36. The van der Waals surface area contributed by atoms with Gasteiger partial charge in [-0.2, -0.15) is 0 Å². The Labute approximate surface area is 121 Å². The summed E-state index contributed by atoms with van der Waals surface area (Å²) in [6.07, 6.45) is 0. The largest absolute Gasteiger partial charge is 0.512 e. The number of hydrogen-bond donors (Lipinski definition) is 1. The van der Waals surface area contributed by atoms with Crippen LogP contribution in [0.25, 0.3) is 10.9 Å². The molecule has 0 radical (unpaired) electrons. The summed E-state index contributed by atoms with van der Waals surface area (Å²) in [5.74, 6) is 0.